The first kappa shape index (κ1) is 13.4. The van der Waals surface area contributed by atoms with Crippen LogP contribution in [0.25, 0.3) is 0 Å². The normalized spacial score (nSPS) is 16.4. The summed E-state index contributed by atoms with van der Waals surface area (Å²) in [6.45, 7) is 6.95. The lowest BCUT2D eigenvalue weighted by Gasteiger charge is -2.19. The van der Waals surface area contributed by atoms with Crippen molar-refractivity contribution in [2.24, 2.45) is 5.92 Å². The molecule has 1 aromatic heterocycles. The first-order valence-electron chi connectivity index (χ1n) is 7.37. The van der Waals surface area contributed by atoms with Crippen molar-refractivity contribution >= 4 is 0 Å². The Labute approximate surface area is 120 Å². The molecular formula is C17H22N2O. The Morgan fingerprint density at radius 3 is 2.45 bits per heavy atom. The van der Waals surface area contributed by atoms with Gasteiger partial charge in [0, 0.05) is 18.2 Å². The van der Waals surface area contributed by atoms with Crippen LogP contribution in [0.5, 0.6) is 0 Å². The van der Waals surface area contributed by atoms with Gasteiger partial charge in [-0.1, -0.05) is 35.0 Å². The second-order valence-electron chi connectivity index (χ2n) is 5.91. The topological polar surface area (TPSA) is 38.1 Å². The van der Waals surface area contributed by atoms with E-state index in [1.807, 2.05) is 13.8 Å². The number of nitrogens with one attached hydrogen (secondary N) is 1. The van der Waals surface area contributed by atoms with Crippen LogP contribution in [0.15, 0.2) is 28.8 Å². The molecule has 1 N–H and O–H groups in total. The van der Waals surface area contributed by atoms with Crippen molar-refractivity contribution in [1.29, 1.82) is 0 Å². The van der Waals surface area contributed by atoms with E-state index in [0.29, 0.717) is 6.04 Å². The minimum absolute atomic E-state index is 0.448. The molecule has 1 aliphatic rings. The first-order chi connectivity index (χ1) is 9.65. The van der Waals surface area contributed by atoms with E-state index in [9.17, 15) is 0 Å². The molecule has 106 valence electrons. The van der Waals surface area contributed by atoms with E-state index in [0.717, 1.165) is 23.9 Å². The Hall–Kier alpha value is -1.61. The zero-order valence-corrected chi connectivity index (χ0v) is 12.4. The van der Waals surface area contributed by atoms with E-state index < -0.39 is 0 Å². The molecule has 0 radical (unpaired) electrons. The summed E-state index contributed by atoms with van der Waals surface area (Å²) in [5.41, 5.74) is 4.90. The fourth-order valence-corrected chi connectivity index (χ4v) is 2.73. The first-order valence-corrected chi connectivity index (χ1v) is 7.37. The fourth-order valence-electron chi connectivity index (χ4n) is 2.73. The molecular weight excluding hydrogens is 248 g/mol. The third-order valence-electron chi connectivity index (χ3n) is 4.21. The van der Waals surface area contributed by atoms with Gasteiger partial charge in [0.2, 0.25) is 0 Å². The van der Waals surface area contributed by atoms with E-state index in [1.165, 1.54) is 29.5 Å². The maximum absolute atomic E-state index is 5.24. The van der Waals surface area contributed by atoms with Crippen LogP contribution in [-0.2, 0) is 6.54 Å². The molecule has 3 heteroatoms. The third kappa shape index (κ3) is 2.78. The molecule has 1 aromatic carbocycles. The van der Waals surface area contributed by atoms with Gasteiger partial charge in [0.25, 0.3) is 0 Å². The van der Waals surface area contributed by atoms with Crippen molar-refractivity contribution in [1.82, 2.24) is 10.5 Å². The lowest BCUT2D eigenvalue weighted by atomic mass is 10.0. The number of nitrogens with zero attached hydrogens (tertiary/aromatic N) is 1. The predicted molar refractivity (Wildman–Crippen MR) is 79.5 cm³/mol. The quantitative estimate of drug-likeness (QED) is 0.897. The van der Waals surface area contributed by atoms with Crippen molar-refractivity contribution < 1.29 is 4.52 Å². The summed E-state index contributed by atoms with van der Waals surface area (Å²) in [4.78, 5) is 0. The average molecular weight is 270 g/mol. The largest absolute Gasteiger partial charge is 0.361 e. The Bertz CT molecular complexity index is 562. The zero-order chi connectivity index (χ0) is 14.1. The number of benzene rings is 1. The van der Waals surface area contributed by atoms with Gasteiger partial charge in [0.1, 0.15) is 5.76 Å². The Kier molecular flexibility index (Phi) is 3.62. The molecule has 0 aliphatic heterocycles. The fraction of sp³-hybridized carbons (Fsp3) is 0.471. The Balaban J connectivity index is 1.74. The molecule has 1 fully saturated rings. The summed E-state index contributed by atoms with van der Waals surface area (Å²) in [5, 5.41) is 7.73. The van der Waals surface area contributed by atoms with E-state index in [-0.39, 0.29) is 0 Å². The van der Waals surface area contributed by atoms with Crippen LogP contribution in [0.3, 0.4) is 0 Å². The SMILES string of the molecule is Cc1ccc(C(NCc2c(C)noc2C)C2CC2)cc1. The lowest BCUT2D eigenvalue weighted by Crippen LogP contribution is -2.23. The lowest BCUT2D eigenvalue weighted by molar-refractivity contribution is 0.391. The summed E-state index contributed by atoms with van der Waals surface area (Å²) < 4.78 is 5.24. The van der Waals surface area contributed by atoms with Crippen LogP contribution in [0, 0.1) is 26.7 Å². The number of hydrogen-bond donors (Lipinski definition) is 1. The molecule has 1 aliphatic carbocycles. The van der Waals surface area contributed by atoms with E-state index >= 15 is 0 Å². The molecule has 1 saturated carbocycles. The highest BCUT2D eigenvalue weighted by atomic mass is 16.5. The standard InChI is InChI=1S/C17H22N2O/c1-11-4-6-14(7-5-11)17(15-8-9-15)18-10-16-12(2)19-20-13(16)3/h4-7,15,17-18H,8-10H2,1-3H3. The highest BCUT2D eigenvalue weighted by molar-refractivity contribution is 5.26. The van der Waals surface area contributed by atoms with Crippen LogP contribution in [-0.4, -0.2) is 5.16 Å². The molecule has 0 amide bonds. The number of rotatable bonds is 5. The van der Waals surface area contributed by atoms with Crippen LogP contribution in [0.4, 0.5) is 0 Å². The highest BCUT2D eigenvalue weighted by Crippen LogP contribution is 2.41. The minimum atomic E-state index is 0.448. The maximum Gasteiger partial charge on any atom is 0.138 e. The molecule has 3 rings (SSSR count). The number of aromatic nitrogens is 1. The molecule has 1 atom stereocenters. The third-order valence-corrected chi connectivity index (χ3v) is 4.21. The minimum Gasteiger partial charge on any atom is -0.361 e. The molecule has 0 spiro atoms. The van der Waals surface area contributed by atoms with Gasteiger partial charge in [-0.15, -0.1) is 0 Å². The second-order valence-corrected chi connectivity index (χ2v) is 5.91. The van der Waals surface area contributed by atoms with E-state index in [4.69, 9.17) is 4.52 Å². The van der Waals surface area contributed by atoms with Crippen LogP contribution in [0.1, 0.15) is 47.0 Å². The van der Waals surface area contributed by atoms with Crippen molar-refractivity contribution in [2.45, 2.75) is 46.2 Å². The molecule has 1 unspecified atom stereocenters. The summed E-state index contributed by atoms with van der Waals surface area (Å²) in [7, 11) is 0. The van der Waals surface area contributed by atoms with Crippen molar-refractivity contribution in [2.75, 3.05) is 0 Å². The summed E-state index contributed by atoms with van der Waals surface area (Å²) in [5.74, 6) is 1.70. The second kappa shape index (κ2) is 5.41. The molecule has 0 bridgehead atoms. The van der Waals surface area contributed by atoms with Gasteiger partial charge in [0.15, 0.2) is 0 Å². The summed E-state index contributed by atoms with van der Waals surface area (Å²) in [6.07, 6.45) is 2.65. The highest BCUT2D eigenvalue weighted by Gasteiger charge is 2.32. The van der Waals surface area contributed by atoms with Crippen molar-refractivity contribution in [3.63, 3.8) is 0 Å². The molecule has 3 nitrogen and oxygen atoms in total. The number of aryl methyl sites for hydroxylation is 3. The van der Waals surface area contributed by atoms with Gasteiger partial charge in [0.05, 0.1) is 5.69 Å². The zero-order valence-electron chi connectivity index (χ0n) is 12.4. The van der Waals surface area contributed by atoms with Crippen molar-refractivity contribution in [3.8, 4) is 0 Å². The van der Waals surface area contributed by atoms with Crippen LogP contribution < -0.4 is 5.32 Å². The van der Waals surface area contributed by atoms with Crippen LogP contribution >= 0.6 is 0 Å². The summed E-state index contributed by atoms with van der Waals surface area (Å²) in [6, 6.07) is 9.34. The number of hydrogen-bond acceptors (Lipinski definition) is 3. The average Bonchev–Trinajstić information content (AvgIpc) is 3.22. The maximum atomic E-state index is 5.24. The molecule has 0 saturated heterocycles. The van der Waals surface area contributed by atoms with Crippen LogP contribution in [0.2, 0.25) is 0 Å². The van der Waals surface area contributed by atoms with Gasteiger partial charge < -0.3 is 9.84 Å². The van der Waals surface area contributed by atoms with Gasteiger partial charge in [-0.05, 0) is 45.1 Å². The monoisotopic (exact) mass is 270 g/mol. The van der Waals surface area contributed by atoms with Gasteiger partial charge in [-0.25, -0.2) is 0 Å². The molecule has 1 heterocycles. The van der Waals surface area contributed by atoms with E-state index in [2.05, 4.69) is 41.7 Å². The molecule has 20 heavy (non-hydrogen) atoms. The van der Waals surface area contributed by atoms with Crippen molar-refractivity contribution in [3.05, 3.63) is 52.4 Å². The molecule has 2 aromatic rings. The van der Waals surface area contributed by atoms with Gasteiger partial charge in [-0.3, -0.25) is 0 Å². The van der Waals surface area contributed by atoms with Gasteiger partial charge >= 0.3 is 0 Å². The predicted octanol–water partition coefficient (Wildman–Crippen LogP) is 3.84. The smallest absolute Gasteiger partial charge is 0.138 e. The Morgan fingerprint density at radius 1 is 1.20 bits per heavy atom. The summed E-state index contributed by atoms with van der Waals surface area (Å²) >= 11 is 0. The Morgan fingerprint density at radius 2 is 1.90 bits per heavy atom. The van der Waals surface area contributed by atoms with E-state index in [1.54, 1.807) is 0 Å². The van der Waals surface area contributed by atoms with Gasteiger partial charge in [-0.2, -0.15) is 0 Å².